The summed E-state index contributed by atoms with van der Waals surface area (Å²) in [5, 5.41) is 21.5. The third-order valence-electron chi connectivity index (χ3n) is 3.25. The van der Waals surface area contributed by atoms with Gasteiger partial charge in [0.2, 0.25) is 0 Å². The number of anilines is 1. The van der Waals surface area contributed by atoms with Crippen molar-refractivity contribution in [1.82, 2.24) is 0 Å². The summed E-state index contributed by atoms with van der Waals surface area (Å²) in [5.41, 5.74) is 0.738. The van der Waals surface area contributed by atoms with Crippen molar-refractivity contribution in [3.05, 3.63) is 69.0 Å². The number of nitro groups is 1. The molecule has 0 heterocycles. The van der Waals surface area contributed by atoms with E-state index in [1.807, 2.05) is 0 Å². The fraction of sp³-hybridized carbons (Fsp3) is 0.200. The first-order valence-electron chi connectivity index (χ1n) is 6.47. The lowest BCUT2D eigenvalue weighted by molar-refractivity contribution is -0.384. The van der Waals surface area contributed by atoms with Crippen LogP contribution in [-0.2, 0) is 0 Å². The van der Waals surface area contributed by atoms with Crippen LogP contribution in [0.15, 0.2) is 42.5 Å². The summed E-state index contributed by atoms with van der Waals surface area (Å²) in [4.78, 5) is 12.1. The maximum absolute atomic E-state index is 12.9. The van der Waals surface area contributed by atoms with Gasteiger partial charge in [-0.3, -0.25) is 10.1 Å². The molecule has 0 saturated carbocycles. The molecule has 1 unspecified atom stereocenters. The van der Waals surface area contributed by atoms with Gasteiger partial charge in [0.25, 0.3) is 5.69 Å². The molecule has 0 aromatic heterocycles. The number of benzene rings is 2. The van der Waals surface area contributed by atoms with Crippen LogP contribution in [0, 0.1) is 15.9 Å². The Balaban J connectivity index is 2.20. The summed E-state index contributed by atoms with van der Waals surface area (Å²) in [5.74, 6) is -0.391. The van der Waals surface area contributed by atoms with E-state index in [4.69, 9.17) is 11.6 Å². The molecule has 1 atom stereocenters. The molecular formula is C15H14ClFN2O3. The van der Waals surface area contributed by atoms with E-state index in [1.54, 1.807) is 18.0 Å². The molecule has 2 rings (SSSR count). The lowest BCUT2D eigenvalue weighted by Crippen LogP contribution is -2.24. The van der Waals surface area contributed by atoms with Gasteiger partial charge in [-0.2, -0.15) is 0 Å². The fourth-order valence-corrected chi connectivity index (χ4v) is 2.28. The summed E-state index contributed by atoms with van der Waals surface area (Å²) in [7, 11) is 1.63. The van der Waals surface area contributed by atoms with E-state index in [-0.39, 0.29) is 17.3 Å². The Bertz CT molecular complexity index is 679. The molecule has 1 N–H and O–H groups in total. The van der Waals surface area contributed by atoms with E-state index in [0.29, 0.717) is 11.3 Å². The molecule has 5 nitrogen and oxygen atoms in total. The van der Waals surface area contributed by atoms with Gasteiger partial charge in [-0.1, -0.05) is 23.7 Å². The van der Waals surface area contributed by atoms with Crippen LogP contribution >= 0.6 is 11.6 Å². The van der Waals surface area contributed by atoms with Crippen LogP contribution in [0.2, 0.25) is 5.02 Å². The first kappa shape index (κ1) is 16.2. The molecule has 2 aromatic rings. The zero-order chi connectivity index (χ0) is 16.3. The van der Waals surface area contributed by atoms with Crippen LogP contribution in [0.5, 0.6) is 0 Å². The summed E-state index contributed by atoms with van der Waals surface area (Å²) < 4.78 is 12.9. The Morgan fingerprint density at radius 3 is 2.55 bits per heavy atom. The average molecular weight is 325 g/mol. The number of aliphatic hydroxyl groups excluding tert-OH is 1. The third kappa shape index (κ3) is 3.72. The maximum atomic E-state index is 12.9. The highest BCUT2D eigenvalue weighted by Gasteiger charge is 2.20. The van der Waals surface area contributed by atoms with Gasteiger partial charge in [0.15, 0.2) is 0 Å². The lowest BCUT2D eigenvalue weighted by Gasteiger charge is -2.22. The maximum Gasteiger partial charge on any atom is 0.294 e. The standard InChI is InChI=1S/C15H14ClFN2O3/c1-18(9-15(20)10-2-5-12(17)6-3-10)13-7-4-11(16)8-14(13)19(21)22/h2-8,15,20H,9H2,1H3. The van der Waals surface area contributed by atoms with E-state index >= 15 is 0 Å². The smallest absolute Gasteiger partial charge is 0.294 e. The van der Waals surface area contributed by atoms with Gasteiger partial charge in [-0.05, 0) is 29.8 Å². The first-order valence-corrected chi connectivity index (χ1v) is 6.85. The predicted molar refractivity (Wildman–Crippen MR) is 82.7 cm³/mol. The second kappa shape index (κ2) is 6.72. The van der Waals surface area contributed by atoms with E-state index in [0.717, 1.165) is 0 Å². The predicted octanol–water partition coefficient (Wildman–Crippen LogP) is 3.56. The van der Waals surface area contributed by atoms with Crippen molar-refractivity contribution in [1.29, 1.82) is 0 Å². The molecule has 0 radical (unpaired) electrons. The minimum atomic E-state index is -0.902. The van der Waals surface area contributed by atoms with Crippen molar-refractivity contribution in [2.45, 2.75) is 6.10 Å². The summed E-state index contributed by atoms with van der Waals surface area (Å²) in [6, 6.07) is 9.79. The van der Waals surface area contributed by atoms with Crippen molar-refractivity contribution in [2.24, 2.45) is 0 Å². The Morgan fingerprint density at radius 1 is 1.32 bits per heavy atom. The minimum absolute atomic E-state index is 0.119. The van der Waals surface area contributed by atoms with Crippen LogP contribution in [0.1, 0.15) is 11.7 Å². The van der Waals surface area contributed by atoms with Crippen LogP contribution in [0.25, 0.3) is 0 Å². The Hall–Kier alpha value is -2.18. The summed E-state index contributed by atoms with van der Waals surface area (Å²) in [6.07, 6.45) is -0.902. The lowest BCUT2D eigenvalue weighted by atomic mass is 10.1. The third-order valence-corrected chi connectivity index (χ3v) is 3.48. The number of nitrogens with zero attached hydrogens (tertiary/aromatic N) is 2. The van der Waals surface area contributed by atoms with Crippen LogP contribution in [0.4, 0.5) is 15.8 Å². The normalized spacial score (nSPS) is 12.0. The number of likely N-dealkylation sites (N-methyl/N-ethyl adjacent to an activating group) is 1. The van der Waals surface area contributed by atoms with Crippen molar-refractivity contribution < 1.29 is 14.4 Å². The van der Waals surface area contributed by atoms with Crippen molar-refractivity contribution >= 4 is 23.0 Å². The highest BCUT2D eigenvalue weighted by Crippen LogP contribution is 2.31. The van der Waals surface area contributed by atoms with E-state index < -0.39 is 16.8 Å². The molecule has 22 heavy (non-hydrogen) atoms. The number of rotatable bonds is 5. The molecule has 7 heteroatoms. The summed E-state index contributed by atoms with van der Waals surface area (Å²) in [6.45, 7) is 0.119. The van der Waals surface area contributed by atoms with E-state index in [9.17, 15) is 19.6 Å². The second-order valence-corrected chi connectivity index (χ2v) is 5.27. The Labute approximate surface area is 131 Å². The highest BCUT2D eigenvalue weighted by molar-refractivity contribution is 6.30. The Morgan fingerprint density at radius 2 is 1.95 bits per heavy atom. The molecule has 0 spiro atoms. The molecule has 2 aromatic carbocycles. The highest BCUT2D eigenvalue weighted by atomic mass is 35.5. The van der Waals surface area contributed by atoms with Gasteiger partial charge in [0.05, 0.1) is 11.0 Å². The zero-order valence-electron chi connectivity index (χ0n) is 11.7. The molecule has 0 saturated heterocycles. The quantitative estimate of drug-likeness (QED) is 0.674. The van der Waals surface area contributed by atoms with Crippen LogP contribution < -0.4 is 4.90 Å². The molecule has 0 aliphatic heterocycles. The largest absolute Gasteiger partial charge is 0.387 e. The minimum Gasteiger partial charge on any atom is -0.387 e. The first-order chi connectivity index (χ1) is 10.4. The fourth-order valence-electron chi connectivity index (χ4n) is 2.11. The topological polar surface area (TPSA) is 66.6 Å². The Kier molecular flexibility index (Phi) is 4.95. The van der Waals surface area contributed by atoms with Crippen molar-refractivity contribution in [3.63, 3.8) is 0 Å². The van der Waals surface area contributed by atoms with Crippen molar-refractivity contribution in [3.8, 4) is 0 Å². The molecule has 0 fully saturated rings. The molecule has 0 amide bonds. The molecule has 0 aliphatic carbocycles. The van der Waals surface area contributed by atoms with E-state index in [1.165, 1.54) is 36.4 Å². The number of hydrogen-bond donors (Lipinski definition) is 1. The average Bonchev–Trinajstić information content (AvgIpc) is 2.47. The van der Waals surface area contributed by atoms with E-state index in [2.05, 4.69) is 0 Å². The summed E-state index contributed by atoms with van der Waals surface area (Å²) >= 11 is 5.77. The van der Waals surface area contributed by atoms with Gasteiger partial charge < -0.3 is 10.0 Å². The second-order valence-electron chi connectivity index (χ2n) is 4.84. The SMILES string of the molecule is CN(CC(O)c1ccc(F)cc1)c1ccc(Cl)cc1[N+](=O)[O-]. The van der Waals surface area contributed by atoms with Crippen LogP contribution in [0.3, 0.4) is 0 Å². The number of nitro benzene ring substituents is 1. The molecule has 0 aliphatic rings. The van der Waals surface area contributed by atoms with Crippen molar-refractivity contribution in [2.75, 3.05) is 18.5 Å². The van der Waals surface area contributed by atoms with Gasteiger partial charge in [0, 0.05) is 24.7 Å². The van der Waals surface area contributed by atoms with Gasteiger partial charge in [-0.25, -0.2) is 4.39 Å². The zero-order valence-corrected chi connectivity index (χ0v) is 12.5. The van der Waals surface area contributed by atoms with Gasteiger partial charge >= 0.3 is 0 Å². The molecule has 116 valence electrons. The van der Waals surface area contributed by atoms with Gasteiger partial charge in [-0.15, -0.1) is 0 Å². The number of hydrogen-bond acceptors (Lipinski definition) is 4. The molecular weight excluding hydrogens is 311 g/mol. The van der Waals surface area contributed by atoms with Gasteiger partial charge in [0.1, 0.15) is 11.5 Å². The monoisotopic (exact) mass is 324 g/mol. The molecule has 0 bridgehead atoms. The number of aliphatic hydroxyl groups is 1. The number of halogens is 2. The van der Waals surface area contributed by atoms with Crippen LogP contribution in [-0.4, -0.2) is 23.6 Å².